The molecule has 0 aliphatic rings. The van der Waals surface area contributed by atoms with E-state index in [0.717, 1.165) is 24.4 Å². The van der Waals surface area contributed by atoms with E-state index in [-0.39, 0.29) is 5.97 Å². The number of ether oxygens (including phenoxy) is 1. The first-order valence-electron chi connectivity index (χ1n) is 6.47. The zero-order valence-electron chi connectivity index (χ0n) is 12.0. The van der Waals surface area contributed by atoms with Crippen molar-refractivity contribution in [3.63, 3.8) is 0 Å². The molecule has 1 N–H and O–H groups in total. The first kappa shape index (κ1) is 14.3. The molecule has 0 aromatic carbocycles. The molecule has 20 heavy (non-hydrogen) atoms. The second kappa shape index (κ2) is 6.38. The third-order valence-electron chi connectivity index (χ3n) is 2.95. The van der Waals surface area contributed by atoms with Crippen molar-refractivity contribution in [2.45, 2.75) is 26.9 Å². The molecule has 0 unspecified atom stereocenters. The van der Waals surface area contributed by atoms with E-state index in [1.165, 1.54) is 7.11 Å². The zero-order valence-corrected chi connectivity index (χ0v) is 12.0. The van der Waals surface area contributed by atoms with E-state index in [0.29, 0.717) is 17.9 Å². The highest BCUT2D eigenvalue weighted by atomic mass is 16.5. The fourth-order valence-corrected chi connectivity index (χ4v) is 1.94. The average Bonchev–Trinajstić information content (AvgIpc) is 3.00. The Labute approximate surface area is 117 Å². The van der Waals surface area contributed by atoms with E-state index in [2.05, 4.69) is 15.2 Å². The van der Waals surface area contributed by atoms with Crippen LogP contribution >= 0.6 is 0 Å². The molecule has 108 valence electrons. The number of carbonyl (C=O) groups is 1. The molecular formula is C14H19N3O3. The molecule has 0 radical (unpaired) electrons. The standard InChI is InChI=1S/C14H19N3O3/c1-10-7-16-17(9-10)5-4-15-8-12-6-13(11(2)20-12)14(18)19-3/h6-7,9,15H,4-5,8H2,1-3H3. The number of rotatable bonds is 6. The highest BCUT2D eigenvalue weighted by Crippen LogP contribution is 2.15. The summed E-state index contributed by atoms with van der Waals surface area (Å²) in [4.78, 5) is 11.5. The molecule has 0 saturated heterocycles. The molecule has 0 saturated carbocycles. The van der Waals surface area contributed by atoms with Gasteiger partial charge < -0.3 is 14.5 Å². The number of esters is 1. The summed E-state index contributed by atoms with van der Waals surface area (Å²) in [7, 11) is 1.36. The number of hydrogen-bond acceptors (Lipinski definition) is 5. The van der Waals surface area contributed by atoms with E-state index in [4.69, 9.17) is 4.42 Å². The van der Waals surface area contributed by atoms with Gasteiger partial charge in [0.15, 0.2) is 0 Å². The molecule has 2 heterocycles. The lowest BCUT2D eigenvalue weighted by Gasteiger charge is -2.02. The van der Waals surface area contributed by atoms with Gasteiger partial charge in [0.1, 0.15) is 17.1 Å². The normalized spacial score (nSPS) is 10.8. The van der Waals surface area contributed by atoms with Crippen LogP contribution in [0.4, 0.5) is 0 Å². The summed E-state index contributed by atoms with van der Waals surface area (Å²) >= 11 is 0. The lowest BCUT2D eigenvalue weighted by atomic mass is 10.2. The maximum Gasteiger partial charge on any atom is 0.341 e. The Bertz CT molecular complexity index is 586. The Morgan fingerprint density at radius 2 is 2.30 bits per heavy atom. The molecule has 2 rings (SSSR count). The van der Waals surface area contributed by atoms with E-state index < -0.39 is 0 Å². The lowest BCUT2D eigenvalue weighted by Crippen LogP contribution is -2.19. The van der Waals surface area contributed by atoms with Gasteiger partial charge in [0.05, 0.1) is 26.4 Å². The van der Waals surface area contributed by atoms with Crippen LogP contribution in [0.2, 0.25) is 0 Å². The number of aromatic nitrogens is 2. The van der Waals surface area contributed by atoms with Crippen LogP contribution in [0.3, 0.4) is 0 Å². The molecule has 2 aromatic rings. The van der Waals surface area contributed by atoms with Gasteiger partial charge in [0, 0.05) is 12.7 Å². The largest absolute Gasteiger partial charge is 0.465 e. The number of nitrogens with zero attached hydrogens (tertiary/aromatic N) is 2. The van der Waals surface area contributed by atoms with Gasteiger partial charge in [-0.3, -0.25) is 4.68 Å². The van der Waals surface area contributed by atoms with Gasteiger partial charge in [-0.05, 0) is 25.5 Å². The molecule has 6 nitrogen and oxygen atoms in total. The lowest BCUT2D eigenvalue weighted by molar-refractivity contribution is 0.0599. The molecule has 0 amide bonds. The topological polar surface area (TPSA) is 69.3 Å². The maximum atomic E-state index is 11.5. The Morgan fingerprint density at radius 3 is 2.95 bits per heavy atom. The van der Waals surface area contributed by atoms with Gasteiger partial charge in [0.2, 0.25) is 0 Å². The van der Waals surface area contributed by atoms with E-state index >= 15 is 0 Å². The van der Waals surface area contributed by atoms with Crippen LogP contribution in [0.5, 0.6) is 0 Å². The molecule has 0 bridgehead atoms. The maximum absolute atomic E-state index is 11.5. The average molecular weight is 277 g/mol. The number of hydrogen-bond donors (Lipinski definition) is 1. The summed E-state index contributed by atoms with van der Waals surface area (Å²) in [5.74, 6) is 0.931. The number of aryl methyl sites for hydroxylation is 2. The van der Waals surface area contributed by atoms with Crippen molar-refractivity contribution in [3.8, 4) is 0 Å². The highest BCUT2D eigenvalue weighted by molar-refractivity contribution is 5.90. The van der Waals surface area contributed by atoms with E-state index in [1.54, 1.807) is 13.0 Å². The van der Waals surface area contributed by atoms with Crippen molar-refractivity contribution in [1.82, 2.24) is 15.1 Å². The second-order valence-corrected chi connectivity index (χ2v) is 4.63. The minimum Gasteiger partial charge on any atom is -0.465 e. The summed E-state index contributed by atoms with van der Waals surface area (Å²) in [5.41, 5.74) is 1.63. The molecule has 0 aliphatic carbocycles. The van der Waals surface area contributed by atoms with Crippen LogP contribution < -0.4 is 5.32 Å². The third kappa shape index (κ3) is 3.48. The van der Waals surface area contributed by atoms with Crippen LogP contribution in [0.1, 0.15) is 27.4 Å². The third-order valence-corrected chi connectivity index (χ3v) is 2.95. The van der Waals surface area contributed by atoms with E-state index in [9.17, 15) is 4.79 Å². The Balaban J connectivity index is 1.81. The summed E-state index contributed by atoms with van der Waals surface area (Å²) in [6.45, 7) is 5.89. The second-order valence-electron chi connectivity index (χ2n) is 4.63. The predicted molar refractivity (Wildman–Crippen MR) is 73.5 cm³/mol. The van der Waals surface area contributed by atoms with Crippen molar-refractivity contribution in [2.24, 2.45) is 0 Å². The fraction of sp³-hybridized carbons (Fsp3) is 0.429. The molecule has 0 fully saturated rings. The van der Waals surface area contributed by atoms with Crippen molar-refractivity contribution in [2.75, 3.05) is 13.7 Å². The van der Waals surface area contributed by atoms with Crippen LogP contribution in [0.15, 0.2) is 22.9 Å². The van der Waals surface area contributed by atoms with Crippen molar-refractivity contribution >= 4 is 5.97 Å². The van der Waals surface area contributed by atoms with Crippen LogP contribution in [0, 0.1) is 13.8 Å². The first-order chi connectivity index (χ1) is 9.60. The Morgan fingerprint density at radius 1 is 1.50 bits per heavy atom. The summed E-state index contributed by atoms with van der Waals surface area (Å²) in [6.07, 6.45) is 3.83. The van der Waals surface area contributed by atoms with Crippen molar-refractivity contribution in [3.05, 3.63) is 41.1 Å². The minimum absolute atomic E-state index is 0.371. The fourth-order valence-electron chi connectivity index (χ4n) is 1.94. The quantitative estimate of drug-likeness (QED) is 0.642. The van der Waals surface area contributed by atoms with Gasteiger partial charge in [-0.15, -0.1) is 0 Å². The molecule has 2 aromatic heterocycles. The molecule has 6 heteroatoms. The summed E-state index contributed by atoms with van der Waals surface area (Å²) < 4.78 is 12.1. The Kier molecular flexibility index (Phi) is 4.57. The van der Waals surface area contributed by atoms with Gasteiger partial charge in [-0.1, -0.05) is 0 Å². The molecular weight excluding hydrogens is 258 g/mol. The molecule has 0 spiro atoms. The van der Waals surface area contributed by atoms with E-state index in [1.807, 2.05) is 24.0 Å². The number of furan rings is 1. The molecule has 0 atom stereocenters. The summed E-state index contributed by atoms with van der Waals surface area (Å²) in [6, 6.07) is 1.71. The van der Waals surface area contributed by atoms with Gasteiger partial charge >= 0.3 is 5.97 Å². The van der Waals surface area contributed by atoms with Crippen LogP contribution in [0.25, 0.3) is 0 Å². The predicted octanol–water partition coefficient (Wildman–Crippen LogP) is 1.67. The smallest absolute Gasteiger partial charge is 0.341 e. The van der Waals surface area contributed by atoms with Crippen LogP contribution in [-0.2, 0) is 17.8 Å². The van der Waals surface area contributed by atoms with Crippen molar-refractivity contribution < 1.29 is 13.9 Å². The number of methoxy groups -OCH3 is 1. The highest BCUT2D eigenvalue weighted by Gasteiger charge is 2.14. The Hall–Kier alpha value is -2.08. The summed E-state index contributed by atoms with van der Waals surface area (Å²) in [5, 5.41) is 7.46. The number of carbonyl (C=O) groups excluding carboxylic acids is 1. The van der Waals surface area contributed by atoms with Crippen molar-refractivity contribution in [1.29, 1.82) is 0 Å². The van der Waals surface area contributed by atoms with Gasteiger partial charge in [-0.2, -0.15) is 5.10 Å². The van der Waals surface area contributed by atoms with Crippen LogP contribution in [-0.4, -0.2) is 29.4 Å². The monoisotopic (exact) mass is 277 g/mol. The van der Waals surface area contributed by atoms with Gasteiger partial charge in [-0.25, -0.2) is 4.79 Å². The minimum atomic E-state index is -0.371. The first-order valence-corrected chi connectivity index (χ1v) is 6.47. The SMILES string of the molecule is COC(=O)c1cc(CNCCn2cc(C)cn2)oc1C. The van der Waals surface area contributed by atoms with Gasteiger partial charge in [0.25, 0.3) is 0 Å². The zero-order chi connectivity index (χ0) is 14.5. The number of nitrogens with one attached hydrogen (secondary N) is 1. The molecule has 0 aliphatic heterocycles.